The molecule has 0 unspecified atom stereocenters. The van der Waals surface area contributed by atoms with Crippen LogP contribution in [0.2, 0.25) is 0 Å². The maximum atomic E-state index is 12.1. The number of nitrogens with one attached hydrogen (secondary N) is 1. The number of carbonyl (C=O) groups is 1. The number of hydrogen-bond donors (Lipinski definition) is 1. The van der Waals surface area contributed by atoms with Crippen LogP contribution in [0, 0.1) is 6.92 Å². The summed E-state index contributed by atoms with van der Waals surface area (Å²) in [6.45, 7) is 2.58. The molecule has 0 bridgehead atoms. The predicted molar refractivity (Wildman–Crippen MR) is 100 cm³/mol. The minimum absolute atomic E-state index is 0.0162. The Morgan fingerprint density at radius 1 is 1.08 bits per heavy atom. The van der Waals surface area contributed by atoms with Gasteiger partial charge < -0.3 is 9.88 Å². The molecule has 5 nitrogen and oxygen atoms in total. The number of aryl methyl sites for hydroxylation is 1. The summed E-state index contributed by atoms with van der Waals surface area (Å²) in [5.41, 5.74) is 3.32. The third kappa shape index (κ3) is 4.28. The minimum Gasteiger partial charge on any atom is -0.351 e. The van der Waals surface area contributed by atoms with E-state index in [1.807, 2.05) is 73.1 Å². The topological polar surface area (TPSA) is 59.8 Å². The monoisotopic (exact) mass is 352 g/mol. The van der Waals surface area contributed by atoms with Gasteiger partial charge in [-0.15, -0.1) is 10.2 Å². The molecule has 6 heteroatoms. The van der Waals surface area contributed by atoms with E-state index < -0.39 is 0 Å². The number of nitrogens with zero attached hydrogens (tertiary/aromatic N) is 3. The van der Waals surface area contributed by atoms with Gasteiger partial charge in [-0.2, -0.15) is 0 Å². The van der Waals surface area contributed by atoms with E-state index in [2.05, 4.69) is 15.5 Å². The average Bonchev–Trinajstić information content (AvgIpc) is 3.00. The van der Waals surface area contributed by atoms with Crippen molar-refractivity contribution in [3.05, 3.63) is 65.7 Å². The number of thioether (sulfide) groups is 1. The standard InChI is InChI=1S/C19H20N4OS/c1-14-8-6-7-11-16(14)12-20-17(24)13-25-19-22-21-18(23(19)2)15-9-4-3-5-10-15/h3-11H,12-13H2,1-2H3,(H,20,24). The summed E-state index contributed by atoms with van der Waals surface area (Å²) in [4.78, 5) is 12.1. The zero-order valence-electron chi connectivity index (χ0n) is 14.3. The Morgan fingerprint density at radius 2 is 1.80 bits per heavy atom. The van der Waals surface area contributed by atoms with Gasteiger partial charge in [-0.05, 0) is 18.1 Å². The van der Waals surface area contributed by atoms with Crippen LogP contribution in [-0.2, 0) is 18.4 Å². The van der Waals surface area contributed by atoms with E-state index in [1.54, 1.807) is 0 Å². The molecule has 128 valence electrons. The van der Waals surface area contributed by atoms with E-state index in [0.717, 1.165) is 22.1 Å². The summed E-state index contributed by atoms with van der Waals surface area (Å²) in [5, 5.41) is 12.1. The maximum Gasteiger partial charge on any atom is 0.230 e. The second-order valence-corrected chi connectivity index (χ2v) is 6.67. The smallest absolute Gasteiger partial charge is 0.230 e. The number of carbonyl (C=O) groups excluding carboxylic acids is 1. The lowest BCUT2D eigenvalue weighted by atomic mass is 10.1. The molecule has 0 saturated heterocycles. The molecule has 1 amide bonds. The lowest BCUT2D eigenvalue weighted by Gasteiger charge is -2.08. The quantitative estimate of drug-likeness (QED) is 0.692. The lowest BCUT2D eigenvalue weighted by molar-refractivity contribution is -0.118. The third-order valence-corrected chi connectivity index (χ3v) is 4.96. The molecular weight excluding hydrogens is 332 g/mol. The number of aromatic nitrogens is 3. The fourth-order valence-electron chi connectivity index (χ4n) is 2.46. The molecule has 0 atom stereocenters. The zero-order chi connectivity index (χ0) is 17.6. The first-order valence-electron chi connectivity index (χ1n) is 8.04. The fourth-order valence-corrected chi connectivity index (χ4v) is 3.20. The third-order valence-electron chi connectivity index (χ3n) is 3.94. The summed E-state index contributed by atoms with van der Waals surface area (Å²) in [7, 11) is 1.91. The number of benzene rings is 2. The second-order valence-electron chi connectivity index (χ2n) is 5.72. The summed E-state index contributed by atoms with van der Waals surface area (Å²) in [6, 6.07) is 17.9. The van der Waals surface area contributed by atoms with Gasteiger partial charge in [0.1, 0.15) is 0 Å². The Labute approximate surface area is 151 Å². The van der Waals surface area contributed by atoms with E-state index in [4.69, 9.17) is 0 Å². The Balaban J connectivity index is 1.56. The molecule has 1 heterocycles. The Bertz CT molecular complexity index is 861. The summed E-state index contributed by atoms with van der Waals surface area (Å²) >= 11 is 1.39. The SMILES string of the molecule is Cc1ccccc1CNC(=O)CSc1nnc(-c2ccccc2)n1C. The van der Waals surface area contributed by atoms with Crippen molar-refractivity contribution in [2.75, 3.05) is 5.75 Å². The fraction of sp³-hybridized carbons (Fsp3) is 0.211. The van der Waals surface area contributed by atoms with Gasteiger partial charge in [0.05, 0.1) is 5.75 Å². The zero-order valence-corrected chi connectivity index (χ0v) is 15.1. The van der Waals surface area contributed by atoms with Crippen molar-refractivity contribution < 1.29 is 4.79 Å². The summed E-state index contributed by atoms with van der Waals surface area (Å²) in [6.07, 6.45) is 0. The van der Waals surface area contributed by atoms with Gasteiger partial charge in [0, 0.05) is 19.2 Å². The van der Waals surface area contributed by atoms with E-state index in [1.165, 1.54) is 17.3 Å². The van der Waals surface area contributed by atoms with E-state index in [0.29, 0.717) is 12.3 Å². The maximum absolute atomic E-state index is 12.1. The van der Waals surface area contributed by atoms with Gasteiger partial charge >= 0.3 is 0 Å². The molecule has 0 saturated carbocycles. The van der Waals surface area contributed by atoms with E-state index in [-0.39, 0.29) is 5.91 Å². The highest BCUT2D eigenvalue weighted by atomic mass is 32.2. The molecular formula is C19H20N4OS. The van der Waals surface area contributed by atoms with Gasteiger partial charge in [0.2, 0.25) is 5.91 Å². The van der Waals surface area contributed by atoms with Crippen molar-refractivity contribution in [2.45, 2.75) is 18.6 Å². The molecule has 1 aromatic heterocycles. The molecule has 0 aliphatic heterocycles. The van der Waals surface area contributed by atoms with Gasteiger partial charge in [-0.25, -0.2) is 0 Å². The van der Waals surface area contributed by atoms with Crippen molar-refractivity contribution >= 4 is 17.7 Å². The first kappa shape index (κ1) is 17.2. The molecule has 3 rings (SSSR count). The van der Waals surface area contributed by atoms with E-state index >= 15 is 0 Å². The van der Waals surface area contributed by atoms with Crippen LogP contribution in [0.3, 0.4) is 0 Å². The highest BCUT2D eigenvalue weighted by Gasteiger charge is 2.12. The van der Waals surface area contributed by atoms with Gasteiger partial charge in [-0.3, -0.25) is 4.79 Å². The molecule has 0 aliphatic rings. The molecule has 2 aromatic carbocycles. The molecule has 0 spiro atoms. The lowest BCUT2D eigenvalue weighted by Crippen LogP contribution is -2.25. The average molecular weight is 352 g/mol. The van der Waals surface area contributed by atoms with Crippen molar-refractivity contribution in [1.29, 1.82) is 0 Å². The van der Waals surface area contributed by atoms with Crippen molar-refractivity contribution in [3.63, 3.8) is 0 Å². The molecule has 1 N–H and O–H groups in total. The summed E-state index contributed by atoms with van der Waals surface area (Å²) in [5.74, 6) is 1.09. The predicted octanol–water partition coefficient (Wildman–Crippen LogP) is 3.20. The number of hydrogen-bond acceptors (Lipinski definition) is 4. The van der Waals surface area contributed by atoms with Crippen LogP contribution in [0.15, 0.2) is 59.8 Å². The van der Waals surface area contributed by atoms with Gasteiger partial charge in [0.15, 0.2) is 11.0 Å². The van der Waals surface area contributed by atoms with Crippen LogP contribution in [0.4, 0.5) is 0 Å². The molecule has 0 radical (unpaired) electrons. The molecule has 0 aliphatic carbocycles. The normalized spacial score (nSPS) is 10.6. The van der Waals surface area contributed by atoms with Crippen molar-refractivity contribution in [2.24, 2.45) is 7.05 Å². The van der Waals surface area contributed by atoms with Crippen LogP contribution in [0.1, 0.15) is 11.1 Å². The summed E-state index contributed by atoms with van der Waals surface area (Å²) < 4.78 is 1.91. The number of amides is 1. The Hall–Kier alpha value is -2.60. The molecule has 0 fully saturated rings. The van der Waals surface area contributed by atoms with Crippen LogP contribution in [0.5, 0.6) is 0 Å². The second kappa shape index (κ2) is 7.98. The van der Waals surface area contributed by atoms with Crippen molar-refractivity contribution in [1.82, 2.24) is 20.1 Å². The minimum atomic E-state index is -0.0162. The van der Waals surface area contributed by atoms with Crippen LogP contribution < -0.4 is 5.32 Å². The Morgan fingerprint density at radius 3 is 2.56 bits per heavy atom. The number of rotatable bonds is 6. The van der Waals surface area contributed by atoms with Crippen LogP contribution >= 0.6 is 11.8 Å². The van der Waals surface area contributed by atoms with Crippen molar-refractivity contribution in [3.8, 4) is 11.4 Å². The highest BCUT2D eigenvalue weighted by molar-refractivity contribution is 7.99. The Kier molecular flexibility index (Phi) is 5.50. The molecule has 3 aromatic rings. The largest absolute Gasteiger partial charge is 0.351 e. The van der Waals surface area contributed by atoms with E-state index in [9.17, 15) is 4.79 Å². The van der Waals surface area contributed by atoms with Crippen LogP contribution in [0.25, 0.3) is 11.4 Å². The van der Waals surface area contributed by atoms with Crippen LogP contribution in [-0.4, -0.2) is 26.4 Å². The first-order valence-corrected chi connectivity index (χ1v) is 9.02. The molecule has 25 heavy (non-hydrogen) atoms. The van der Waals surface area contributed by atoms with Gasteiger partial charge in [-0.1, -0.05) is 66.4 Å². The van der Waals surface area contributed by atoms with Gasteiger partial charge in [0.25, 0.3) is 0 Å². The first-order chi connectivity index (χ1) is 12.1. The highest BCUT2D eigenvalue weighted by Crippen LogP contribution is 2.22.